The van der Waals surface area contributed by atoms with E-state index in [9.17, 15) is 4.39 Å². The van der Waals surface area contributed by atoms with E-state index < -0.39 is 0 Å². The van der Waals surface area contributed by atoms with Gasteiger partial charge >= 0.3 is 0 Å². The Kier molecular flexibility index (Phi) is 6.55. The SMILES string of the molecule is CCC(C)CN(C)Cc1ccc(F)cc1C#CCO. The predicted octanol–water partition coefficient (Wildman–Crippen LogP) is 2.65. The smallest absolute Gasteiger partial charge is 0.124 e. The summed E-state index contributed by atoms with van der Waals surface area (Å²) in [6.07, 6.45) is 1.14. The van der Waals surface area contributed by atoms with E-state index in [4.69, 9.17) is 5.11 Å². The van der Waals surface area contributed by atoms with Crippen molar-refractivity contribution in [3.05, 3.63) is 35.1 Å². The number of aliphatic hydroxyl groups is 1. The van der Waals surface area contributed by atoms with Gasteiger partial charge in [0, 0.05) is 18.7 Å². The van der Waals surface area contributed by atoms with Gasteiger partial charge in [0.15, 0.2) is 0 Å². The summed E-state index contributed by atoms with van der Waals surface area (Å²) in [5, 5.41) is 8.74. The summed E-state index contributed by atoms with van der Waals surface area (Å²) in [7, 11) is 2.05. The van der Waals surface area contributed by atoms with Crippen LogP contribution >= 0.6 is 0 Å². The van der Waals surface area contributed by atoms with Gasteiger partial charge < -0.3 is 10.0 Å². The highest BCUT2D eigenvalue weighted by atomic mass is 19.1. The van der Waals surface area contributed by atoms with E-state index in [-0.39, 0.29) is 12.4 Å². The summed E-state index contributed by atoms with van der Waals surface area (Å²) in [5.41, 5.74) is 1.65. The number of hydrogen-bond donors (Lipinski definition) is 1. The lowest BCUT2D eigenvalue weighted by molar-refractivity contribution is 0.275. The third-order valence-corrected chi connectivity index (χ3v) is 3.13. The third kappa shape index (κ3) is 5.42. The van der Waals surface area contributed by atoms with Crippen molar-refractivity contribution >= 4 is 0 Å². The molecule has 0 heterocycles. The van der Waals surface area contributed by atoms with Crippen molar-refractivity contribution in [2.75, 3.05) is 20.2 Å². The Morgan fingerprint density at radius 2 is 2.16 bits per heavy atom. The Morgan fingerprint density at radius 1 is 1.42 bits per heavy atom. The molecule has 0 fully saturated rings. The highest BCUT2D eigenvalue weighted by Crippen LogP contribution is 2.14. The van der Waals surface area contributed by atoms with Gasteiger partial charge in [-0.05, 0) is 30.7 Å². The van der Waals surface area contributed by atoms with Gasteiger partial charge in [-0.3, -0.25) is 0 Å². The molecule has 0 aliphatic heterocycles. The first-order valence-electron chi connectivity index (χ1n) is 6.63. The quantitative estimate of drug-likeness (QED) is 0.826. The molecule has 3 heteroatoms. The number of halogens is 1. The second-order valence-electron chi connectivity index (χ2n) is 4.97. The zero-order valence-corrected chi connectivity index (χ0v) is 11.9. The topological polar surface area (TPSA) is 23.5 Å². The normalized spacial score (nSPS) is 12.1. The molecule has 19 heavy (non-hydrogen) atoms. The van der Waals surface area contributed by atoms with E-state index in [2.05, 4.69) is 37.6 Å². The number of benzene rings is 1. The summed E-state index contributed by atoms with van der Waals surface area (Å²) >= 11 is 0. The fourth-order valence-corrected chi connectivity index (χ4v) is 1.95. The van der Waals surface area contributed by atoms with E-state index in [1.165, 1.54) is 12.1 Å². The average molecular weight is 263 g/mol. The molecule has 0 amide bonds. The monoisotopic (exact) mass is 263 g/mol. The minimum absolute atomic E-state index is 0.210. The number of rotatable bonds is 5. The molecule has 0 aromatic heterocycles. The maximum Gasteiger partial charge on any atom is 0.124 e. The van der Waals surface area contributed by atoms with Crippen LogP contribution in [0.15, 0.2) is 18.2 Å². The summed E-state index contributed by atoms with van der Waals surface area (Å²) in [6.45, 7) is 5.92. The summed E-state index contributed by atoms with van der Waals surface area (Å²) in [4.78, 5) is 2.21. The molecule has 1 atom stereocenters. The van der Waals surface area contributed by atoms with Crippen molar-refractivity contribution < 1.29 is 9.50 Å². The number of nitrogens with zero attached hydrogens (tertiary/aromatic N) is 1. The van der Waals surface area contributed by atoms with Crippen LogP contribution in [-0.2, 0) is 6.54 Å². The fourth-order valence-electron chi connectivity index (χ4n) is 1.95. The third-order valence-electron chi connectivity index (χ3n) is 3.13. The second kappa shape index (κ2) is 7.93. The van der Waals surface area contributed by atoms with Crippen molar-refractivity contribution in [2.24, 2.45) is 5.92 Å². The van der Waals surface area contributed by atoms with Crippen molar-refractivity contribution in [3.8, 4) is 11.8 Å². The Labute approximate surface area is 115 Å². The molecule has 2 nitrogen and oxygen atoms in total. The molecule has 0 saturated carbocycles. The molecule has 0 aliphatic rings. The lowest BCUT2D eigenvalue weighted by atomic mass is 10.1. The lowest BCUT2D eigenvalue weighted by Crippen LogP contribution is -2.24. The first kappa shape index (κ1) is 15.7. The molecule has 1 aromatic carbocycles. The molecule has 0 bridgehead atoms. The van der Waals surface area contributed by atoms with E-state index in [0.29, 0.717) is 11.5 Å². The van der Waals surface area contributed by atoms with Gasteiger partial charge in [-0.15, -0.1) is 0 Å². The standard InChI is InChI=1S/C16H22FNO/c1-4-13(2)11-18(3)12-15-7-8-16(17)10-14(15)6-5-9-19/h7-8,10,13,19H,4,9,11-12H2,1-3H3. The zero-order chi connectivity index (χ0) is 14.3. The van der Waals surface area contributed by atoms with Gasteiger partial charge in [-0.2, -0.15) is 0 Å². The van der Waals surface area contributed by atoms with E-state index in [1.807, 2.05) is 0 Å². The first-order valence-corrected chi connectivity index (χ1v) is 6.63. The molecular weight excluding hydrogens is 241 g/mol. The summed E-state index contributed by atoms with van der Waals surface area (Å²) in [5.74, 6) is 5.73. The van der Waals surface area contributed by atoms with Crippen molar-refractivity contribution in [2.45, 2.75) is 26.8 Å². The Bertz CT molecular complexity index is 462. The molecule has 1 unspecified atom stereocenters. The van der Waals surface area contributed by atoms with Crippen molar-refractivity contribution in [1.82, 2.24) is 4.90 Å². The minimum atomic E-state index is -0.296. The average Bonchev–Trinajstić information content (AvgIpc) is 2.38. The Hall–Kier alpha value is -1.37. The maximum absolute atomic E-state index is 13.2. The summed E-state index contributed by atoms with van der Waals surface area (Å²) in [6, 6.07) is 4.65. The van der Waals surface area contributed by atoms with Gasteiger partial charge in [0.2, 0.25) is 0 Å². The Balaban J connectivity index is 2.82. The van der Waals surface area contributed by atoms with Crippen LogP contribution in [-0.4, -0.2) is 30.2 Å². The van der Waals surface area contributed by atoms with Gasteiger partial charge in [-0.1, -0.05) is 38.2 Å². The van der Waals surface area contributed by atoms with Crippen molar-refractivity contribution in [3.63, 3.8) is 0 Å². The van der Waals surface area contributed by atoms with Crippen LogP contribution in [0, 0.1) is 23.6 Å². The van der Waals surface area contributed by atoms with Gasteiger partial charge in [0.05, 0.1) is 0 Å². The van der Waals surface area contributed by atoms with Crippen molar-refractivity contribution in [1.29, 1.82) is 0 Å². The largest absolute Gasteiger partial charge is 0.384 e. The Morgan fingerprint density at radius 3 is 2.79 bits per heavy atom. The second-order valence-corrected chi connectivity index (χ2v) is 4.97. The van der Waals surface area contributed by atoms with Crippen LogP contribution in [0.1, 0.15) is 31.4 Å². The lowest BCUT2D eigenvalue weighted by Gasteiger charge is -2.21. The van der Waals surface area contributed by atoms with E-state index in [1.54, 1.807) is 6.07 Å². The van der Waals surface area contributed by atoms with Crippen LogP contribution in [0.4, 0.5) is 4.39 Å². The predicted molar refractivity (Wildman–Crippen MR) is 76.2 cm³/mol. The minimum Gasteiger partial charge on any atom is -0.384 e. The summed E-state index contributed by atoms with van der Waals surface area (Å²) < 4.78 is 13.2. The molecule has 1 aromatic rings. The van der Waals surface area contributed by atoms with Gasteiger partial charge in [0.1, 0.15) is 12.4 Å². The number of hydrogen-bond acceptors (Lipinski definition) is 2. The van der Waals surface area contributed by atoms with Crippen LogP contribution in [0.5, 0.6) is 0 Å². The highest BCUT2D eigenvalue weighted by molar-refractivity contribution is 5.41. The molecule has 104 valence electrons. The molecule has 0 radical (unpaired) electrons. The molecular formula is C16H22FNO. The molecule has 1 N–H and O–H groups in total. The number of aliphatic hydroxyl groups excluding tert-OH is 1. The maximum atomic E-state index is 13.2. The van der Waals surface area contributed by atoms with Crippen LogP contribution in [0.3, 0.4) is 0 Å². The van der Waals surface area contributed by atoms with Crippen LogP contribution in [0.25, 0.3) is 0 Å². The highest BCUT2D eigenvalue weighted by Gasteiger charge is 2.08. The van der Waals surface area contributed by atoms with E-state index in [0.717, 1.165) is 25.1 Å². The van der Waals surface area contributed by atoms with Gasteiger partial charge in [0.25, 0.3) is 0 Å². The molecule has 0 spiro atoms. The first-order chi connectivity index (χ1) is 9.06. The fraction of sp³-hybridized carbons (Fsp3) is 0.500. The zero-order valence-electron chi connectivity index (χ0n) is 11.9. The van der Waals surface area contributed by atoms with Gasteiger partial charge in [-0.25, -0.2) is 4.39 Å². The van der Waals surface area contributed by atoms with E-state index >= 15 is 0 Å². The molecule has 0 saturated heterocycles. The molecule has 1 rings (SSSR count). The van der Waals surface area contributed by atoms with Crippen LogP contribution in [0.2, 0.25) is 0 Å². The van der Waals surface area contributed by atoms with Crippen LogP contribution < -0.4 is 0 Å². The molecule has 0 aliphatic carbocycles.